The van der Waals surface area contributed by atoms with Gasteiger partial charge in [0.05, 0.1) is 6.61 Å². The molecular formula is C15H23N3O2. The lowest BCUT2D eigenvalue weighted by Crippen LogP contribution is -2.18. The molecular weight excluding hydrogens is 254 g/mol. The molecule has 2 N–H and O–H groups in total. The molecule has 0 unspecified atom stereocenters. The molecule has 5 nitrogen and oxygen atoms in total. The number of carbonyl (C=O) groups excluding carboxylic acids is 1. The van der Waals surface area contributed by atoms with Crippen LogP contribution in [0.15, 0.2) is 0 Å². The second-order valence-electron chi connectivity index (χ2n) is 6.06. The molecule has 0 amide bonds. The summed E-state index contributed by atoms with van der Waals surface area (Å²) in [5.74, 6) is 3.29. The number of ether oxygens (including phenoxy) is 1. The molecule has 5 heteroatoms. The predicted octanol–water partition coefficient (Wildman–Crippen LogP) is 2.39. The summed E-state index contributed by atoms with van der Waals surface area (Å²) in [6.07, 6.45) is 5.39. The van der Waals surface area contributed by atoms with Crippen LogP contribution in [0.1, 0.15) is 48.9 Å². The summed E-state index contributed by atoms with van der Waals surface area (Å²) in [7, 11) is 0. The van der Waals surface area contributed by atoms with Gasteiger partial charge in [-0.1, -0.05) is 0 Å². The van der Waals surface area contributed by atoms with E-state index in [1.54, 1.807) is 6.92 Å². The van der Waals surface area contributed by atoms with Crippen molar-refractivity contribution in [1.82, 2.24) is 9.55 Å². The average Bonchev–Trinajstić information content (AvgIpc) is 3.29. The third-order valence-corrected chi connectivity index (χ3v) is 4.51. The minimum absolute atomic E-state index is 0.273. The number of anilines is 1. The van der Waals surface area contributed by atoms with Crippen molar-refractivity contribution in [2.45, 2.75) is 46.1 Å². The minimum atomic E-state index is -0.416. The molecule has 1 heterocycles. The van der Waals surface area contributed by atoms with Gasteiger partial charge in [0, 0.05) is 6.54 Å². The molecule has 0 aromatic carbocycles. The molecule has 2 aliphatic rings. The lowest BCUT2D eigenvalue weighted by molar-refractivity contribution is 0.0521. The van der Waals surface area contributed by atoms with Gasteiger partial charge in [-0.15, -0.1) is 0 Å². The van der Waals surface area contributed by atoms with Gasteiger partial charge in [0.15, 0.2) is 5.69 Å². The fourth-order valence-electron chi connectivity index (χ4n) is 3.10. The number of esters is 1. The van der Waals surface area contributed by atoms with Crippen LogP contribution in [-0.2, 0) is 11.3 Å². The minimum Gasteiger partial charge on any atom is -0.461 e. The molecule has 20 heavy (non-hydrogen) atoms. The Morgan fingerprint density at radius 1 is 1.40 bits per heavy atom. The summed E-state index contributed by atoms with van der Waals surface area (Å²) in [6, 6.07) is 0. The Morgan fingerprint density at radius 2 is 2.00 bits per heavy atom. The van der Waals surface area contributed by atoms with Crippen LogP contribution in [-0.4, -0.2) is 22.1 Å². The molecule has 110 valence electrons. The summed E-state index contributed by atoms with van der Waals surface area (Å²) in [4.78, 5) is 16.1. The normalized spacial score (nSPS) is 18.6. The lowest BCUT2D eigenvalue weighted by Gasteiger charge is -2.18. The van der Waals surface area contributed by atoms with Crippen LogP contribution in [0.2, 0.25) is 0 Å². The summed E-state index contributed by atoms with van der Waals surface area (Å²) in [6.45, 7) is 4.94. The van der Waals surface area contributed by atoms with Gasteiger partial charge < -0.3 is 15.0 Å². The number of hydrogen-bond acceptors (Lipinski definition) is 4. The lowest BCUT2D eigenvalue weighted by atomic mass is 9.98. The molecule has 0 radical (unpaired) electrons. The molecule has 0 saturated heterocycles. The maximum Gasteiger partial charge on any atom is 0.360 e. The zero-order valence-corrected chi connectivity index (χ0v) is 12.3. The fourth-order valence-corrected chi connectivity index (χ4v) is 3.10. The van der Waals surface area contributed by atoms with E-state index >= 15 is 0 Å². The highest BCUT2D eigenvalue weighted by Gasteiger charge is 2.42. The van der Waals surface area contributed by atoms with Crippen LogP contribution in [0.4, 0.5) is 5.82 Å². The van der Waals surface area contributed by atoms with E-state index in [0.717, 1.165) is 24.2 Å². The summed E-state index contributed by atoms with van der Waals surface area (Å²) in [5, 5.41) is 0. The number of rotatable bonds is 6. The topological polar surface area (TPSA) is 70.1 Å². The van der Waals surface area contributed by atoms with Gasteiger partial charge in [0.2, 0.25) is 0 Å². The van der Waals surface area contributed by atoms with Crippen molar-refractivity contribution in [2.24, 2.45) is 17.8 Å². The van der Waals surface area contributed by atoms with E-state index in [1.165, 1.54) is 25.7 Å². The van der Waals surface area contributed by atoms with Gasteiger partial charge >= 0.3 is 5.97 Å². The van der Waals surface area contributed by atoms with Crippen molar-refractivity contribution in [3.05, 3.63) is 11.5 Å². The first-order valence-electron chi connectivity index (χ1n) is 7.61. The Hall–Kier alpha value is -1.52. The SMILES string of the molecule is CCOC(=O)c1nc(C)n(CC(C2CC2)C2CC2)c1N. The van der Waals surface area contributed by atoms with E-state index in [1.807, 2.05) is 11.5 Å². The van der Waals surface area contributed by atoms with Crippen molar-refractivity contribution in [1.29, 1.82) is 0 Å². The molecule has 2 fully saturated rings. The smallest absolute Gasteiger partial charge is 0.360 e. The van der Waals surface area contributed by atoms with Crippen molar-refractivity contribution >= 4 is 11.8 Å². The van der Waals surface area contributed by atoms with Crippen LogP contribution in [0.3, 0.4) is 0 Å². The zero-order valence-electron chi connectivity index (χ0n) is 12.3. The Bertz CT molecular complexity index is 503. The Balaban J connectivity index is 1.80. The third kappa shape index (κ3) is 2.53. The van der Waals surface area contributed by atoms with Crippen LogP contribution in [0.5, 0.6) is 0 Å². The standard InChI is InChI=1S/C15H23N3O2/c1-3-20-15(19)13-14(16)18(9(2)17-13)8-12(10-4-5-10)11-6-7-11/h10-12H,3-8,16H2,1-2H3. The number of nitrogens with zero attached hydrogens (tertiary/aromatic N) is 2. The summed E-state index contributed by atoms with van der Waals surface area (Å²) in [5.41, 5.74) is 6.40. The summed E-state index contributed by atoms with van der Waals surface area (Å²) >= 11 is 0. The number of aromatic nitrogens is 2. The van der Waals surface area contributed by atoms with Crippen molar-refractivity contribution in [3.8, 4) is 0 Å². The van der Waals surface area contributed by atoms with Crippen LogP contribution in [0.25, 0.3) is 0 Å². The number of carbonyl (C=O) groups is 1. The molecule has 1 aromatic heterocycles. The molecule has 0 spiro atoms. The van der Waals surface area contributed by atoms with E-state index in [2.05, 4.69) is 4.98 Å². The maximum absolute atomic E-state index is 11.8. The van der Waals surface area contributed by atoms with E-state index in [-0.39, 0.29) is 5.69 Å². The average molecular weight is 277 g/mol. The second-order valence-corrected chi connectivity index (χ2v) is 6.06. The van der Waals surface area contributed by atoms with Gasteiger partial charge in [-0.05, 0) is 57.3 Å². The number of aryl methyl sites for hydroxylation is 1. The highest BCUT2D eigenvalue weighted by Crippen LogP contribution is 2.50. The van der Waals surface area contributed by atoms with E-state index < -0.39 is 5.97 Å². The van der Waals surface area contributed by atoms with Gasteiger partial charge in [-0.3, -0.25) is 0 Å². The largest absolute Gasteiger partial charge is 0.461 e. The first-order chi connectivity index (χ1) is 9.61. The third-order valence-electron chi connectivity index (χ3n) is 4.51. The highest BCUT2D eigenvalue weighted by molar-refractivity contribution is 5.92. The van der Waals surface area contributed by atoms with Crippen LogP contribution >= 0.6 is 0 Å². The Morgan fingerprint density at radius 3 is 2.50 bits per heavy atom. The van der Waals surface area contributed by atoms with Crippen LogP contribution in [0, 0.1) is 24.7 Å². The van der Waals surface area contributed by atoms with Gasteiger partial charge in [-0.2, -0.15) is 0 Å². The maximum atomic E-state index is 11.8. The molecule has 1 aromatic rings. The molecule has 2 saturated carbocycles. The first kappa shape index (κ1) is 13.5. The monoisotopic (exact) mass is 277 g/mol. The molecule has 0 bridgehead atoms. The predicted molar refractivity (Wildman–Crippen MR) is 76.3 cm³/mol. The Kier molecular flexibility index (Phi) is 3.44. The summed E-state index contributed by atoms with van der Waals surface area (Å²) < 4.78 is 7.01. The van der Waals surface area contributed by atoms with E-state index in [0.29, 0.717) is 18.3 Å². The number of nitrogens with two attached hydrogens (primary N) is 1. The number of hydrogen-bond donors (Lipinski definition) is 1. The van der Waals surface area contributed by atoms with Crippen molar-refractivity contribution in [3.63, 3.8) is 0 Å². The second kappa shape index (κ2) is 5.11. The van der Waals surface area contributed by atoms with Gasteiger partial charge in [0.1, 0.15) is 11.6 Å². The number of imidazole rings is 1. The first-order valence-corrected chi connectivity index (χ1v) is 7.61. The molecule has 3 rings (SSSR count). The van der Waals surface area contributed by atoms with Gasteiger partial charge in [-0.25, -0.2) is 9.78 Å². The fraction of sp³-hybridized carbons (Fsp3) is 0.733. The van der Waals surface area contributed by atoms with E-state index in [4.69, 9.17) is 10.5 Å². The highest BCUT2D eigenvalue weighted by atomic mass is 16.5. The van der Waals surface area contributed by atoms with Gasteiger partial charge in [0.25, 0.3) is 0 Å². The van der Waals surface area contributed by atoms with Crippen molar-refractivity contribution in [2.75, 3.05) is 12.3 Å². The quantitative estimate of drug-likeness (QED) is 0.810. The van der Waals surface area contributed by atoms with Crippen LogP contribution < -0.4 is 5.73 Å². The zero-order chi connectivity index (χ0) is 14.3. The molecule has 0 aliphatic heterocycles. The van der Waals surface area contributed by atoms with Crippen molar-refractivity contribution < 1.29 is 9.53 Å². The molecule has 0 atom stereocenters. The number of nitrogen functional groups attached to an aromatic ring is 1. The Labute approximate surface area is 119 Å². The van der Waals surface area contributed by atoms with E-state index in [9.17, 15) is 4.79 Å². The molecule has 2 aliphatic carbocycles.